The average molecular weight is 303 g/mol. The van der Waals surface area contributed by atoms with Gasteiger partial charge in [0.15, 0.2) is 5.82 Å². The van der Waals surface area contributed by atoms with Gasteiger partial charge in [-0.25, -0.2) is 18.2 Å². The molecule has 1 heterocycles. The SMILES string of the molecule is OCc1cc(I)nc(C(F)F)c1F. The third-order valence-corrected chi connectivity index (χ3v) is 1.96. The molecule has 0 aliphatic heterocycles. The smallest absolute Gasteiger partial charge is 0.283 e. The number of aromatic nitrogens is 1. The Hall–Kier alpha value is -0.370. The minimum Gasteiger partial charge on any atom is -0.392 e. The molecule has 0 saturated heterocycles. The molecule has 0 amide bonds. The molecule has 0 radical (unpaired) electrons. The molecule has 0 aromatic carbocycles. The summed E-state index contributed by atoms with van der Waals surface area (Å²) in [6.45, 7) is -0.607. The Balaban J connectivity index is 3.27. The molecule has 1 rings (SSSR count). The molecule has 1 aromatic rings. The second-order valence-corrected chi connectivity index (χ2v) is 3.37. The molecule has 0 fully saturated rings. The molecule has 0 aliphatic rings. The quantitative estimate of drug-likeness (QED) is 0.671. The Morgan fingerprint density at radius 1 is 1.54 bits per heavy atom. The van der Waals surface area contributed by atoms with Gasteiger partial charge >= 0.3 is 0 Å². The third-order valence-electron chi connectivity index (χ3n) is 1.40. The summed E-state index contributed by atoms with van der Waals surface area (Å²) >= 11 is 1.68. The van der Waals surface area contributed by atoms with Crippen LogP contribution in [0.3, 0.4) is 0 Å². The number of aliphatic hydroxyl groups is 1. The van der Waals surface area contributed by atoms with Crippen LogP contribution in [0.25, 0.3) is 0 Å². The zero-order valence-corrected chi connectivity index (χ0v) is 8.43. The summed E-state index contributed by atoms with van der Waals surface area (Å²) in [5.41, 5.74) is -1.06. The molecule has 0 atom stereocenters. The summed E-state index contributed by atoms with van der Waals surface area (Å²) in [5, 5.41) is 8.63. The van der Waals surface area contributed by atoms with Gasteiger partial charge in [0.25, 0.3) is 6.43 Å². The molecule has 0 unspecified atom stereocenters. The highest BCUT2D eigenvalue weighted by molar-refractivity contribution is 14.1. The van der Waals surface area contributed by atoms with Crippen molar-refractivity contribution in [3.63, 3.8) is 0 Å². The summed E-state index contributed by atoms with van der Waals surface area (Å²) in [4.78, 5) is 3.33. The normalized spacial score (nSPS) is 10.9. The van der Waals surface area contributed by atoms with E-state index in [4.69, 9.17) is 5.11 Å². The summed E-state index contributed by atoms with van der Waals surface area (Å²) in [7, 11) is 0. The van der Waals surface area contributed by atoms with Crippen molar-refractivity contribution in [1.29, 1.82) is 0 Å². The van der Waals surface area contributed by atoms with Gasteiger partial charge in [-0.1, -0.05) is 0 Å². The van der Waals surface area contributed by atoms with Gasteiger partial charge < -0.3 is 5.11 Å². The average Bonchev–Trinajstić information content (AvgIpc) is 2.08. The number of halogens is 4. The first-order valence-electron chi connectivity index (χ1n) is 3.30. The van der Waals surface area contributed by atoms with Crippen LogP contribution >= 0.6 is 22.6 Å². The van der Waals surface area contributed by atoms with Crippen LogP contribution in [0.1, 0.15) is 17.7 Å². The van der Waals surface area contributed by atoms with E-state index in [0.29, 0.717) is 0 Å². The fourth-order valence-electron chi connectivity index (χ4n) is 0.828. The largest absolute Gasteiger partial charge is 0.392 e. The molecule has 1 N–H and O–H groups in total. The maximum Gasteiger partial charge on any atom is 0.283 e. The molecular formula is C7H5F3INO. The van der Waals surface area contributed by atoms with Gasteiger partial charge in [-0.3, -0.25) is 0 Å². The molecule has 2 nitrogen and oxygen atoms in total. The Bertz CT molecular complexity index is 319. The Labute approximate surface area is 85.9 Å². The minimum absolute atomic E-state index is 0.158. The van der Waals surface area contributed by atoms with E-state index in [1.54, 1.807) is 22.6 Å². The highest BCUT2D eigenvalue weighted by Crippen LogP contribution is 2.23. The van der Waals surface area contributed by atoms with Crippen molar-refractivity contribution in [2.75, 3.05) is 0 Å². The first-order chi connectivity index (χ1) is 6.06. The Morgan fingerprint density at radius 2 is 2.15 bits per heavy atom. The number of pyridine rings is 1. The Kier molecular flexibility index (Phi) is 3.48. The van der Waals surface area contributed by atoms with Crippen molar-refractivity contribution in [2.45, 2.75) is 13.0 Å². The van der Waals surface area contributed by atoms with E-state index in [0.717, 1.165) is 0 Å². The lowest BCUT2D eigenvalue weighted by molar-refractivity contribution is 0.139. The molecule has 6 heteroatoms. The van der Waals surface area contributed by atoms with E-state index in [9.17, 15) is 13.2 Å². The minimum atomic E-state index is -2.96. The van der Waals surface area contributed by atoms with Crippen LogP contribution in [0.4, 0.5) is 13.2 Å². The molecule has 1 aromatic heterocycles. The summed E-state index contributed by atoms with van der Waals surface area (Å²) < 4.78 is 37.5. The molecule has 0 saturated carbocycles. The van der Waals surface area contributed by atoms with Crippen molar-refractivity contribution < 1.29 is 18.3 Å². The third kappa shape index (κ3) is 2.31. The van der Waals surface area contributed by atoms with Crippen LogP contribution in [0, 0.1) is 9.52 Å². The van der Waals surface area contributed by atoms with E-state index < -0.39 is 24.5 Å². The fourth-order valence-corrected chi connectivity index (χ4v) is 1.46. The van der Waals surface area contributed by atoms with Gasteiger partial charge in [0, 0.05) is 5.56 Å². The van der Waals surface area contributed by atoms with Crippen LogP contribution in [0.15, 0.2) is 6.07 Å². The van der Waals surface area contributed by atoms with E-state index in [-0.39, 0.29) is 9.26 Å². The molecule has 72 valence electrons. The number of aliphatic hydroxyl groups excluding tert-OH is 1. The number of rotatable bonds is 2. The van der Waals surface area contributed by atoms with Gasteiger partial charge in [0.05, 0.1) is 6.61 Å². The van der Waals surface area contributed by atoms with Crippen molar-refractivity contribution in [3.05, 3.63) is 26.8 Å². The lowest BCUT2D eigenvalue weighted by atomic mass is 10.2. The number of nitrogens with zero attached hydrogens (tertiary/aromatic N) is 1. The van der Waals surface area contributed by atoms with E-state index in [1.165, 1.54) is 6.07 Å². The van der Waals surface area contributed by atoms with E-state index >= 15 is 0 Å². The standard InChI is InChI=1S/C7H5F3INO/c8-5-3(2-13)1-4(11)12-6(5)7(9)10/h1,7,13H,2H2. The molecule has 0 aliphatic carbocycles. The summed E-state index contributed by atoms with van der Waals surface area (Å²) in [6, 6.07) is 1.22. The van der Waals surface area contributed by atoms with Crippen molar-refractivity contribution in [2.24, 2.45) is 0 Å². The topological polar surface area (TPSA) is 33.1 Å². The number of alkyl halides is 2. The second-order valence-electron chi connectivity index (χ2n) is 2.26. The maximum absolute atomic E-state index is 13.0. The zero-order chi connectivity index (χ0) is 10.0. The van der Waals surface area contributed by atoms with E-state index in [1.807, 2.05) is 0 Å². The van der Waals surface area contributed by atoms with Crippen LogP contribution < -0.4 is 0 Å². The van der Waals surface area contributed by atoms with Gasteiger partial charge in [-0.05, 0) is 28.7 Å². The molecular weight excluding hydrogens is 298 g/mol. The fraction of sp³-hybridized carbons (Fsp3) is 0.286. The molecule has 0 bridgehead atoms. The first-order valence-corrected chi connectivity index (χ1v) is 4.38. The number of hydrogen-bond donors (Lipinski definition) is 1. The van der Waals surface area contributed by atoms with Crippen molar-refractivity contribution in [1.82, 2.24) is 4.98 Å². The Morgan fingerprint density at radius 3 is 2.62 bits per heavy atom. The van der Waals surface area contributed by atoms with Crippen LogP contribution in [-0.2, 0) is 6.61 Å². The summed E-state index contributed by atoms with van der Waals surface area (Å²) in [6.07, 6.45) is -2.96. The molecule has 0 spiro atoms. The van der Waals surface area contributed by atoms with Gasteiger partial charge in [-0.2, -0.15) is 0 Å². The first kappa shape index (κ1) is 10.7. The van der Waals surface area contributed by atoms with Crippen molar-refractivity contribution in [3.8, 4) is 0 Å². The lowest BCUT2D eigenvalue weighted by Gasteiger charge is -2.05. The monoisotopic (exact) mass is 303 g/mol. The van der Waals surface area contributed by atoms with Gasteiger partial charge in [0.2, 0.25) is 0 Å². The lowest BCUT2D eigenvalue weighted by Crippen LogP contribution is -2.02. The van der Waals surface area contributed by atoms with Crippen molar-refractivity contribution >= 4 is 22.6 Å². The predicted molar refractivity (Wildman–Crippen MR) is 47.8 cm³/mol. The van der Waals surface area contributed by atoms with Crippen LogP contribution in [-0.4, -0.2) is 10.1 Å². The van der Waals surface area contributed by atoms with E-state index in [2.05, 4.69) is 4.98 Å². The summed E-state index contributed by atoms with van der Waals surface area (Å²) in [5.74, 6) is -1.13. The zero-order valence-electron chi connectivity index (χ0n) is 6.27. The van der Waals surface area contributed by atoms with Crippen LogP contribution in [0.5, 0.6) is 0 Å². The predicted octanol–water partition coefficient (Wildman–Crippen LogP) is 2.26. The van der Waals surface area contributed by atoms with Gasteiger partial charge in [0.1, 0.15) is 9.39 Å². The highest BCUT2D eigenvalue weighted by Gasteiger charge is 2.18. The number of hydrogen-bond acceptors (Lipinski definition) is 2. The highest BCUT2D eigenvalue weighted by atomic mass is 127. The second kappa shape index (κ2) is 4.23. The van der Waals surface area contributed by atoms with Gasteiger partial charge in [-0.15, -0.1) is 0 Å². The van der Waals surface area contributed by atoms with Crippen LogP contribution in [0.2, 0.25) is 0 Å². The maximum atomic E-state index is 13.0. The molecule has 13 heavy (non-hydrogen) atoms.